The van der Waals surface area contributed by atoms with E-state index in [2.05, 4.69) is 16.9 Å². The molecule has 132 valence electrons. The Hall–Kier alpha value is -2.32. The third-order valence-electron chi connectivity index (χ3n) is 4.97. The van der Waals surface area contributed by atoms with Gasteiger partial charge in [0, 0.05) is 22.5 Å². The predicted molar refractivity (Wildman–Crippen MR) is 104 cm³/mol. The Morgan fingerprint density at radius 1 is 1.35 bits per heavy atom. The van der Waals surface area contributed by atoms with Crippen molar-refractivity contribution in [2.24, 2.45) is 5.92 Å². The molecule has 4 heterocycles. The molecule has 4 aromatic rings. The van der Waals surface area contributed by atoms with Crippen LogP contribution in [-0.2, 0) is 19.4 Å². The molecule has 0 bridgehead atoms. The quantitative estimate of drug-likeness (QED) is 0.533. The summed E-state index contributed by atoms with van der Waals surface area (Å²) < 4.78 is 3.08. The lowest BCUT2D eigenvalue weighted by atomic mass is 9.89. The summed E-state index contributed by atoms with van der Waals surface area (Å²) in [6.45, 7) is 2.51. The fraction of sp³-hybridized carbons (Fsp3) is 0.333. The number of thiophene rings is 1. The van der Waals surface area contributed by atoms with E-state index in [0.29, 0.717) is 16.6 Å². The van der Waals surface area contributed by atoms with Gasteiger partial charge in [0.1, 0.15) is 4.83 Å². The van der Waals surface area contributed by atoms with E-state index in [1.807, 2.05) is 5.38 Å². The standard InChI is InChI=1S/C18H16N4O2S2/c1-10-2-3-12-13(6-10)26-16-15(12)17(24)21(9-19-16)8-11-7-14(23)22-4-5-25-18(22)20-11/h4-5,7,9-10H,2-3,6,8H2,1H3. The van der Waals surface area contributed by atoms with Crippen molar-refractivity contribution in [3.8, 4) is 0 Å². The molecule has 1 aliphatic rings. The summed E-state index contributed by atoms with van der Waals surface area (Å²) in [6, 6.07) is 1.49. The molecule has 0 aliphatic heterocycles. The van der Waals surface area contributed by atoms with Crippen molar-refractivity contribution >= 4 is 37.9 Å². The molecule has 0 fully saturated rings. The van der Waals surface area contributed by atoms with Crippen molar-refractivity contribution in [1.29, 1.82) is 0 Å². The maximum Gasteiger partial charge on any atom is 0.262 e. The van der Waals surface area contributed by atoms with Gasteiger partial charge in [-0.1, -0.05) is 6.92 Å². The molecule has 5 rings (SSSR count). The summed E-state index contributed by atoms with van der Waals surface area (Å²) in [5.41, 5.74) is 1.60. The molecule has 0 N–H and O–H groups in total. The highest BCUT2D eigenvalue weighted by Crippen LogP contribution is 2.35. The van der Waals surface area contributed by atoms with Gasteiger partial charge in [-0.2, -0.15) is 0 Å². The van der Waals surface area contributed by atoms with E-state index in [4.69, 9.17) is 0 Å². The largest absolute Gasteiger partial charge is 0.293 e. The Kier molecular flexibility index (Phi) is 3.58. The minimum absolute atomic E-state index is 0.0322. The molecule has 4 aromatic heterocycles. The summed E-state index contributed by atoms with van der Waals surface area (Å²) in [5.74, 6) is 0.660. The molecule has 1 aliphatic carbocycles. The molecule has 0 saturated carbocycles. The Balaban J connectivity index is 1.61. The van der Waals surface area contributed by atoms with Crippen LogP contribution in [0.1, 0.15) is 29.5 Å². The topological polar surface area (TPSA) is 69.3 Å². The summed E-state index contributed by atoms with van der Waals surface area (Å²) in [7, 11) is 0. The lowest BCUT2D eigenvalue weighted by Crippen LogP contribution is -2.24. The minimum Gasteiger partial charge on any atom is -0.293 e. The van der Waals surface area contributed by atoms with Gasteiger partial charge < -0.3 is 0 Å². The van der Waals surface area contributed by atoms with E-state index < -0.39 is 0 Å². The van der Waals surface area contributed by atoms with Gasteiger partial charge in [-0.05, 0) is 30.7 Å². The molecular formula is C18H16N4O2S2. The minimum atomic E-state index is -0.129. The smallest absolute Gasteiger partial charge is 0.262 e. The van der Waals surface area contributed by atoms with Crippen molar-refractivity contribution in [2.45, 2.75) is 32.7 Å². The van der Waals surface area contributed by atoms with Crippen LogP contribution in [0.5, 0.6) is 0 Å². The zero-order valence-corrected chi connectivity index (χ0v) is 15.8. The second-order valence-electron chi connectivity index (χ2n) is 6.85. The molecule has 0 saturated heterocycles. The van der Waals surface area contributed by atoms with Crippen LogP contribution in [0.25, 0.3) is 15.2 Å². The maximum atomic E-state index is 13.1. The molecule has 26 heavy (non-hydrogen) atoms. The first kappa shape index (κ1) is 15.9. The Morgan fingerprint density at radius 3 is 3.12 bits per heavy atom. The van der Waals surface area contributed by atoms with Crippen LogP contribution in [0.15, 0.2) is 33.6 Å². The van der Waals surface area contributed by atoms with Gasteiger partial charge in [-0.25, -0.2) is 9.97 Å². The summed E-state index contributed by atoms with van der Waals surface area (Å²) in [6.07, 6.45) is 6.37. The average Bonchev–Trinajstić information content (AvgIpc) is 3.21. The van der Waals surface area contributed by atoms with E-state index in [9.17, 15) is 9.59 Å². The number of nitrogens with zero attached hydrogens (tertiary/aromatic N) is 4. The van der Waals surface area contributed by atoms with E-state index in [1.165, 1.54) is 32.2 Å². The lowest BCUT2D eigenvalue weighted by Gasteiger charge is -2.17. The van der Waals surface area contributed by atoms with E-state index in [-0.39, 0.29) is 17.7 Å². The fourth-order valence-electron chi connectivity index (χ4n) is 3.62. The normalized spacial score (nSPS) is 17.0. The number of fused-ring (bicyclic) bond motifs is 4. The molecule has 1 atom stereocenters. The van der Waals surface area contributed by atoms with Crippen molar-refractivity contribution in [2.75, 3.05) is 0 Å². The van der Waals surface area contributed by atoms with Gasteiger partial charge in [0.25, 0.3) is 11.1 Å². The van der Waals surface area contributed by atoms with Crippen LogP contribution in [0.2, 0.25) is 0 Å². The Morgan fingerprint density at radius 2 is 2.23 bits per heavy atom. The van der Waals surface area contributed by atoms with E-state index >= 15 is 0 Å². The van der Waals surface area contributed by atoms with Gasteiger partial charge in [0.15, 0.2) is 4.96 Å². The van der Waals surface area contributed by atoms with Crippen molar-refractivity contribution in [3.63, 3.8) is 0 Å². The number of rotatable bonds is 2. The third kappa shape index (κ3) is 2.44. The first-order chi connectivity index (χ1) is 12.6. The number of thiazole rings is 1. The van der Waals surface area contributed by atoms with Gasteiger partial charge in [0.2, 0.25) is 0 Å². The van der Waals surface area contributed by atoms with E-state index in [0.717, 1.165) is 29.5 Å². The molecule has 1 unspecified atom stereocenters. The van der Waals surface area contributed by atoms with Crippen molar-refractivity contribution in [3.05, 3.63) is 60.8 Å². The lowest BCUT2D eigenvalue weighted by molar-refractivity contribution is 0.509. The molecular weight excluding hydrogens is 368 g/mol. The third-order valence-corrected chi connectivity index (χ3v) is 6.89. The van der Waals surface area contributed by atoms with Crippen molar-refractivity contribution < 1.29 is 0 Å². The highest BCUT2D eigenvalue weighted by Gasteiger charge is 2.23. The fourth-order valence-corrected chi connectivity index (χ4v) is 5.70. The zero-order valence-electron chi connectivity index (χ0n) is 14.1. The van der Waals surface area contributed by atoms with Crippen LogP contribution in [-0.4, -0.2) is 18.9 Å². The van der Waals surface area contributed by atoms with Crippen LogP contribution in [0.3, 0.4) is 0 Å². The average molecular weight is 384 g/mol. The Labute approximate surface area is 156 Å². The van der Waals surface area contributed by atoms with Gasteiger partial charge >= 0.3 is 0 Å². The van der Waals surface area contributed by atoms with Gasteiger partial charge in [-0.3, -0.25) is 18.6 Å². The zero-order chi connectivity index (χ0) is 17.8. The number of hydrogen-bond donors (Lipinski definition) is 0. The predicted octanol–water partition coefficient (Wildman–Crippen LogP) is 2.70. The highest BCUT2D eigenvalue weighted by molar-refractivity contribution is 7.18. The van der Waals surface area contributed by atoms with Gasteiger partial charge in [-0.15, -0.1) is 22.7 Å². The van der Waals surface area contributed by atoms with E-state index in [1.54, 1.807) is 28.4 Å². The number of aryl methyl sites for hydroxylation is 1. The summed E-state index contributed by atoms with van der Waals surface area (Å²) in [4.78, 5) is 37.0. The van der Waals surface area contributed by atoms with Crippen LogP contribution in [0.4, 0.5) is 0 Å². The molecule has 0 radical (unpaired) electrons. The van der Waals surface area contributed by atoms with Gasteiger partial charge in [0.05, 0.1) is 24.0 Å². The second kappa shape index (κ2) is 5.85. The highest BCUT2D eigenvalue weighted by atomic mass is 32.1. The Bertz CT molecular complexity index is 1260. The summed E-state index contributed by atoms with van der Waals surface area (Å²) in [5, 5.41) is 2.58. The molecule has 8 heteroatoms. The SMILES string of the molecule is CC1CCc2c(sc3ncn(Cc4cc(=O)n5ccsc5n4)c(=O)c23)C1. The van der Waals surface area contributed by atoms with Crippen molar-refractivity contribution in [1.82, 2.24) is 18.9 Å². The molecule has 0 aromatic carbocycles. The monoisotopic (exact) mass is 384 g/mol. The van der Waals surface area contributed by atoms with Crippen LogP contribution in [0, 0.1) is 5.92 Å². The number of aromatic nitrogens is 4. The second-order valence-corrected chi connectivity index (χ2v) is 8.81. The first-order valence-corrected chi connectivity index (χ1v) is 10.3. The first-order valence-electron chi connectivity index (χ1n) is 8.55. The summed E-state index contributed by atoms with van der Waals surface area (Å²) >= 11 is 3.05. The maximum absolute atomic E-state index is 13.1. The molecule has 0 spiro atoms. The van der Waals surface area contributed by atoms with Crippen LogP contribution < -0.4 is 11.1 Å². The number of hydrogen-bond acceptors (Lipinski definition) is 6. The molecule has 0 amide bonds. The van der Waals surface area contributed by atoms with Crippen LogP contribution >= 0.6 is 22.7 Å². The molecule has 6 nitrogen and oxygen atoms in total.